The number of piperidine rings is 1. The zero-order chi connectivity index (χ0) is 18.4. The van der Waals surface area contributed by atoms with Crippen LogP contribution in [-0.2, 0) is 9.63 Å². The molecule has 1 saturated heterocycles. The molecule has 1 amide bonds. The van der Waals surface area contributed by atoms with Gasteiger partial charge >= 0.3 is 0 Å². The Hall–Kier alpha value is -1.81. The Kier molecular flexibility index (Phi) is 6.65. The number of halogens is 1. The Bertz CT molecular complexity index is 651. The van der Waals surface area contributed by atoms with Crippen LogP contribution >= 0.6 is 11.6 Å². The minimum absolute atomic E-state index is 0.0771. The molecule has 1 aliphatic heterocycles. The van der Waals surface area contributed by atoms with Gasteiger partial charge in [-0.1, -0.05) is 18.5 Å². The standard InChI is InChI=1S/C18H25ClN4O2/c1-18(17(24)21-8-11-22(2)25-3)6-9-23(10-7-18)16-5-4-15(19)12-14(16)13-20/h4-5,12H,6-11H2,1-3H3,(H,21,24). The Morgan fingerprint density at radius 2 is 2.16 bits per heavy atom. The SMILES string of the molecule is CON(C)CCNC(=O)C1(C)CCN(c2ccc(Cl)cc2C#N)CC1. The number of carbonyl (C=O) groups excluding carboxylic acids is 1. The highest BCUT2D eigenvalue weighted by atomic mass is 35.5. The van der Waals surface area contributed by atoms with Gasteiger partial charge < -0.3 is 15.1 Å². The molecule has 7 heteroatoms. The van der Waals surface area contributed by atoms with Crippen LogP contribution in [0.2, 0.25) is 5.02 Å². The van der Waals surface area contributed by atoms with Crippen LogP contribution in [-0.4, -0.2) is 51.3 Å². The van der Waals surface area contributed by atoms with Crippen LogP contribution < -0.4 is 10.2 Å². The second-order valence-corrected chi connectivity index (χ2v) is 7.05. The van der Waals surface area contributed by atoms with Crippen LogP contribution in [0.5, 0.6) is 0 Å². The lowest BCUT2D eigenvalue weighted by Gasteiger charge is -2.39. The maximum atomic E-state index is 12.5. The zero-order valence-corrected chi connectivity index (χ0v) is 15.8. The first-order chi connectivity index (χ1) is 11.9. The van der Waals surface area contributed by atoms with Crippen molar-refractivity contribution in [2.75, 3.05) is 45.2 Å². The maximum Gasteiger partial charge on any atom is 0.226 e. The van der Waals surface area contributed by atoms with Crippen LogP contribution in [0.25, 0.3) is 0 Å². The predicted octanol–water partition coefficient (Wildman–Crippen LogP) is 2.43. The van der Waals surface area contributed by atoms with E-state index in [1.54, 1.807) is 24.3 Å². The number of amides is 1. The molecule has 0 atom stereocenters. The summed E-state index contributed by atoms with van der Waals surface area (Å²) in [5, 5.41) is 14.5. The maximum absolute atomic E-state index is 12.5. The molecule has 0 unspecified atom stereocenters. The third kappa shape index (κ3) is 4.85. The third-order valence-corrected chi connectivity index (χ3v) is 5.09. The fraction of sp³-hybridized carbons (Fsp3) is 0.556. The Morgan fingerprint density at radius 3 is 2.76 bits per heavy atom. The summed E-state index contributed by atoms with van der Waals surface area (Å²) < 4.78 is 0. The molecule has 0 aromatic heterocycles. The third-order valence-electron chi connectivity index (χ3n) is 4.86. The van der Waals surface area contributed by atoms with E-state index < -0.39 is 0 Å². The highest BCUT2D eigenvalue weighted by molar-refractivity contribution is 6.30. The molecule has 1 N–H and O–H groups in total. The molecule has 25 heavy (non-hydrogen) atoms. The summed E-state index contributed by atoms with van der Waals surface area (Å²) in [6, 6.07) is 7.56. The van der Waals surface area contributed by atoms with E-state index in [1.807, 2.05) is 20.0 Å². The predicted molar refractivity (Wildman–Crippen MR) is 98.4 cm³/mol. The summed E-state index contributed by atoms with van der Waals surface area (Å²) in [7, 11) is 3.43. The lowest BCUT2D eigenvalue weighted by molar-refractivity contribution is -0.133. The normalized spacial score (nSPS) is 16.6. The number of hydrogen-bond acceptors (Lipinski definition) is 5. The molecular formula is C18H25ClN4O2. The van der Waals surface area contributed by atoms with Crippen molar-refractivity contribution in [3.8, 4) is 6.07 Å². The van der Waals surface area contributed by atoms with Gasteiger partial charge in [-0.2, -0.15) is 10.3 Å². The van der Waals surface area contributed by atoms with E-state index in [0.29, 0.717) is 23.7 Å². The minimum Gasteiger partial charge on any atom is -0.370 e. The lowest BCUT2D eigenvalue weighted by Crippen LogP contribution is -2.48. The summed E-state index contributed by atoms with van der Waals surface area (Å²) in [4.78, 5) is 19.7. The van der Waals surface area contributed by atoms with Crippen molar-refractivity contribution in [1.29, 1.82) is 5.26 Å². The highest BCUT2D eigenvalue weighted by Gasteiger charge is 2.37. The van der Waals surface area contributed by atoms with Crippen molar-refractivity contribution in [3.63, 3.8) is 0 Å². The molecule has 0 spiro atoms. The largest absolute Gasteiger partial charge is 0.370 e. The average Bonchev–Trinajstić information content (AvgIpc) is 2.62. The molecular weight excluding hydrogens is 340 g/mol. The number of benzene rings is 1. The Morgan fingerprint density at radius 1 is 1.48 bits per heavy atom. The molecule has 0 saturated carbocycles. The lowest BCUT2D eigenvalue weighted by atomic mass is 9.79. The Labute approximate surface area is 154 Å². The average molecular weight is 365 g/mol. The number of hydroxylamine groups is 2. The van der Waals surface area contributed by atoms with Crippen molar-refractivity contribution in [2.24, 2.45) is 5.41 Å². The number of nitrogens with zero attached hydrogens (tertiary/aromatic N) is 3. The van der Waals surface area contributed by atoms with Crippen molar-refractivity contribution >= 4 is 23.2 Å². The number of rotatable bonds is 6. The van der Waals surface area contributed by atoms with E-state index in [-0.39, 0.29) is 11.3 Å². The number of hydrogen-bond donors (Lipinski definition) is 1. The summed E-state index contributed by atoms with van der Waals surface area (Å²) >= 11 is 5.97. The molecule has 2 rings (SSSR count). The smallest absolute Gasteiger partial charge is 0.226 e. The summed E-state index contributed by atoms with van der Waals surface area (Å²) in [5.41, 5.74) is 1.07. The quantitative estimate of drug-likeness (QED) is 0.785. The van der Waals surface area contributed by atoms with Gasteiger partial charge in [0.25, 0.3) is 0 Å². The minimum atomic E-state index is -0.388. The van der Waals surface area contributed by atoms with E-state index in [4.69, 9.17) is 16.4 Å². The van der Waals surface area contributed by atoms with Crippen LogP contribution in [0.15, 0.2) is 18.2 Å². The topological polar surface area (TPSA) is 68.6 Å². The monoisotopic (exact) mass is 364 g/mol. The highest BCUT2D eigenvalue weighted by Crippen LogP contribution is 2.34. The van der Waals surface area contributed by atoms with Crippen LogP contribution in [0, 0.1) is 16.7 Å². The van der Waals surface area contributed by atoms with E-state index >= 15 is 0 Å². The van der Waals surface area contributed by atoms with Crippen molar-refractivity contribution in [2.45, 2.75) is 19.8 Å². The molecule has 1 aliphatic rings. The van der Waals surface area contributed by atoms with E-state index in [2.05, 4.69) is 16.3 Å². The van der Waals surface area contributed by atoms with Crippen molar-refractivity contribution < 1.29 is 9.63 Å². The van der Waals surface area contributed by atoms with Crippen LogP contribution in [0.1, 0.15) is 25.3 Å². The van der Waals surface area contributed by atoms with Gasteiger partial charge in [0.2, 0.25) is 5.91 Å². The number of anilines is 1. The van der Waals surface area contributed by atoms with Crippen molar-refractivity contribution in [3.05, 3.63) is 28.8 Å². The summed E-state index contributed by atoms with van der Waals surface area (Å²) in [5.74, 6) is 0.0771. The molecule has 1 aromatic rings. The molecule has 0 bridgehead atoms. The first-order valence-corrected chi connectivity index (χ1v) is 8.75. The number of carbonyl (C=O) groups is 1. The van der Waals surface area contributed by atoms with E-state index in [0.717, 1.165) is 31.6 Å². The molecule has 0 radical (unpaired) electrons. The number of nitriles is 1. The molecule has 136 valence electrons. The van der Waals surface area contributed by atoms with E-state index in [1.165, 1.54) is 0 Å². The van der Waals surface area contributed by atoms with Gasteiger partial charge in [-0.3, -0.25) is 4.79 Å². The number of likely N-dealkylation sites (N-methyl/N-ethyl adjacent to an activating group) is 1. The molecule has 6 nitrogen and oxygen atoms in total. The Balaban J connectivity index is 1.94. The second kappa shape index (κ2) is 8.52. The molecule has 1 heterocycles. The van der Waals surface area contributed by atoms with Gasteiger partial charge in [0, 0.05) is 43.7 Å². The van der Waals surface area contributed by atoms with Gasteiger partial charge in [-0.25, -0.2) is 0 Å². The molecule has 1 fully saturated rings. The first-order valence-electron chi connectivity index (χ1n) is 8.38. The van der Waals surface area contributed by atoms with Gasteiger partial charge in [0.15, 0.2) is 0 Å². The molecule has 0 aliphatic carbocycles. The van der Waals surface area contributed by atoms with Gasteiger partial charge in [-0.15, -0.1) is 0 Å². The van der Waals surface area contributed by atoms with E-state index in [9.17, 15) is 10.1 Å². The summed E-state index contributed by atoms with van der Waals surface area (Å²) in [6.45, 7) is 4.67. The van der Waals surface area contributed by atoms with Crippen LogP contribution in [0.4, 0.5) is 5.69 Å². The first kappa shape index (κ1) is 19.5. The van der Waals surface area contributed by atoms with Gasteiger partial charge in [0.05, 0.1) is 18.4 Å². The van der Waals surface area contributed by atoms with Gasteiger partial charge in [-0.05, 0) is 31.0 Å². The number of nitrogens with one attached hydrogen (secondary N) is 1. The second-order valence-electron chi connectivity index (χ2n) is 6.61. The fourth-order valence-electron chi connectivity index (χ4n) is 2.97. The van der Waals surface area contributed by atoms with Crippen molar-refractivity contribution in [1.82, 2.24) is 10.4 Å². The fourth-order valence-corrected chi connectivity index (χ4v) is 3.15. The zero-order valence-electron chi connectivity index (χ0n) is 15.0. The summed E-state index contributed by atoms with van der Waals surface area (Å²) in [6.07, 6.45) is 1.49. The molecule has 1 aromatic carbocycles. The van der Waals surface area contributed by atoms with Gasteiger partial charge in [0.1, 0.15) is 6.07 Å². The van der Waals surface area contributed by atoms with Crippen LogP contribution in [0.3, 0.4) is 0 Å².